The second-order valence-corrected chi connectivity index (χ2v) is 4.96. The molecule has 0 aromatic heterocycles. The van der Waals surface area contributed by atoms with Gasteiger partial charge in [-0.3, -0.25) is 0 Å². The van der Waals surface area contributed by atoms with E-state index in [1.807, 2.05) is 0 Å². The Labute approximate surface area is 102 Å². The van der Waals surface area contributed by atoms with Crippen LogP contribution < -0.4 is 10.1 Å². The standard InChI is InChI=1S/C15H17NO/c1-15(9-10-16-11-15)17-14-8-4-6-12-5-2-3-7-13(12)14/h2-8,16H,9-11H2,1H3. The molecule has 2 aromatic rings. The van der Waals surface area contributed by atoms with Crippen molar-refractivity contribution in [2.75, 3.05) is 13.1 Å². The van der Waals surface area contributed by atoms with Crippen LogP contribution in [0.3, 0.4) is 0 Å². The van der Waals surface area contributed by atoms with Gasteiger partial charge in [-0.15, -0.1) is 0 Å². The maximum atomic E-state index is 6.21. The van der Waals surface area contributed by atoms with Crippen LogP contribution in [-0.2, 0) is 0 Å². The number of ether oxygens (including phenoxy) is 1. The summed E-state index contributed by atoms with van der Waals surface area (Å²) in [6, 6.07) is 14.6. The van der Waals surface area contributed by atoms with Crippen molar-refractivity contribution < 1.29 is 4.74 Å². The third-order valence-electron chi connectivity index (χ3n) is 3.44. The summed E-state index contributed by atoms with van der Waals surface area (Å²) in [6.07, 6.45) is 1.07. The minimum Gasteiger partial charge on any atom is -0.486 e. The Morgan fingerprint density at radius 2 is 1.94 bits per heavy atom. The van der Waals surface area contributed by atoms with Gasteiger partial charge in [0.2, 0.25) is 0 Å². The molecule has 1 aliphatic rings. The highest BCUT2D eigenvalue weighted by atomic mass is 16.5. The lowest BCUT2D eigenvalue weighted by atomic mass is 10.1. The molecule has 0 spiro atoms. The van der Waals surface area contributed by atoms with E-state index in [0.717, 1.165) is 25.3 Å². The molecule has 17 heavy (non-hydrogen) atoms. The predicted molar refractivity (Wildman–Crippen MR) is 70.5 cm³/mol. The Bertz CT molecular complexity index is 524. The maximum Gasteiger partial charge on any atom is 0.128 e. The number of hydrogen-bond donors (Lipinski definition) is 1. The van der Waals surface area contributed by atoms with Gasteiger partial charge in [-0.2, -0.15) is 0 Å². The first-order valence-corrected chi connectivity index (χ1v) is 6.14. The third-order valence-corrected chi connectivity index (χ3v) is 3.44. The highest BCUT2D eigenvalue weighted by Crippen LogP contribution is 2.30. The van der Waals surface area contributed by atoms with Crippen LogP contribution in [0.5, 0.6) is 5.75 Å². The van der Waals surface area contributed by atoms with Gasteiger partial charge in [0, 0.05) is 18.4 Å². The van der Waals surface area contributed by atoms with Crippen LogP contribution in [-0.4, -0.2) is 18.7 Å². The number of fused-ring (bicyclic) bond motifs is 1. The lowest BCUT2D eigenvalue weighted by Crippen LogP contribution is -2.34. The maximum absolute atomic E-state index is 6.21. The zero-order chi connectivity index (χ0) is 11.7. The quantitative estimate of drug-likeness (QED) is 0.851. The Morgan fingerprint density at radius 1 is 1.12 bits per heavy atom. The SMILES string of the molecule is CC1(Oc2cccc3ccccc23)CCNC1. The summed E-state index contributed by atoms with van der Waals surface area (Å²) >= 11 is 0. The smallest absolute Gasteiger partial charge is 0.128 e. The fourth-order valence-electron chi connectivity index (χ4n) is 2.43. The third kappa shape index (κ3) is 2.01. The number of benzene rings is 2. The van der Waals surface area contributed by atoms with Crippen molar-refractivity contribution in [3.63, 3.8) is 0 Å². The molecule has 1 atom stereocenters. The lowest BCUT2D eigenvalue weighted by molar-refractivity contribution is 0.113. The van der Waals surface area contributed by atoms with Crippen molar-refractivity contribution in [3.05, 3.63) is 42.5 Å². The zero-order valence-electron chi connectivity index (χ0n) is 10.1. The van der Waals surface area contributed by atoms with E-state index >= 15 is 0 Å². The first-order chi connectivity index (χ1) is 8.27. The van der Waals surface area contributed by atoms with Gasteiger partial charge in [0.1, 0.15) is 11.4 Å². The molecule has 2 aromatic carbocycles. The molecule has 0 aliphatic carbocycles. The molecular weight excluding hydrogens is 210 g/mol. The molecule has 88 valence electrons. The summed E-state index contributed by atoms with van der Waals surface area (Å²) in [6.45, 7) is 4.15. The summed E-state index contributed by atoms with van der Waals surface area (Å²) in [5.74, 6) is 0.995. The molecule has 1 saturated heterocycles. The van der Waals surface area contributed by atoms with Crippen LogP contribution in [0.15, 0.2) is 42.5 Å². The zero-order valence-corrected chi connectivity index (χ0v) is 10.1. The molecule has 0 saturated carbocycles. The van der Waals surface area contributed by atoms with Crippen molar-refractivity contribution >= 4 is 10.8 Å². The second kappa shape index (κ2) is 4.04. The van der Waals surface area contributed by atoms with Crippen LogP contribution >= 0.6 is 0 Å². The number of hydrogen-bond acceptors (Lipinski definition) is 2. The monoisotopic (exact) mass is 227 g/mol. The van der Waals surface area contributed by atoms with E-state index in [2.05, 4.69) is 54.7 Å². The summed E-state index contributed by atoms with van der Waals surface area (Å²) in [5, 5.41) is 5.79. The topological polar surface area (TPSA) is 21.3 Å². The summed E-state index contributed by atoms with van der Waals surface area (Å²) in [4.78, 5) is 0. The van der Waals surface area contributed by atoms with Gasteiger partial charge in [-0.1, -0.05) is 36.4 Å². The van der Waals surface area contributed by atoms with Crippen LogP contribution in [0.4, 0.5) is 0 Å². The number of nitrogens with one attached hydrogen (secondary N) is 1. The molecule has 1 fully saturated rings. The molecule has 0 bridgehead atoms. The molecule has 1 aliphatic heterocycles. The average Bonchev–Trinajstić information content (AvgIpc) is 2.76. The molecule has 2 heteroatoms. The van der Waals surface area contributed by atoms with Crippen molar-refractivity contribution in [3.8, 4) is 5.75 Å². The minimum absolute atomic E-state index is 0.0654. The van der Waals surface area contributed by atoms with Gasteiger partial charge < -0.3 is 10.1 Å². The van der Waals surface area contributed by atoms with Gasteiger partial charge in [-0.05, 0) is 24.9 Å². The Morgan fingerprint density at radius 3 is 2.76 bits per heavy atom. The van der Waals surface area contributed by atoms with Gasteiger partial charge in [-0.25, -0.2) is 0 Å². The summed E-state index contributed by atoms with van der Waals surface area (Å²) in [7, 11) is 0. The molecule has 1 heterocycles. The fourth-order valence-corrected chi connectivity index (χ4v) is 2.43. The fraction of sp³-hybridized carbons (Fsp3) is 0.333. The molecule has 1 N–H and O–H groups in total. The van der Waals surface area contributed by atoms with E-state index in [1.54, 1.807) is 0 Å². The van der Waals surface area contributed by atoms with Gasteiger partial charge in [0.05, 0.1) is 0 Å². The Hall–Kier alpha value is -1.54. The first-order valence-electron chi connectivity index (χ1n) is 6.14. The summed E-state index contributed by atoms with van der Waals surface area (Å²) < 4.78 is 6.21. The lowest BCUT2D eigenvalue weighted by Gasteiger charge is -2.25. The molecular formula is C15H17NO. The molecule has 1 unspecified atom stereocenters. The van der Waals surface area contributed by atoms with E-state index in [-0.39, 0.29) is 5.60 Å². The molecule has 0 amide bonds. The molecule has 0 radical (unpaired) electrons. The van der Waals surface area contributed by atoms with Gasteiger partial charge in [0.25, 0.3) is 0 Å². The molecule has 2 nitrogen and oxygen atoms in total. The van der Waals surface area contributed by atoms with Crippen molar-refractivity contribution in [1.82, 2.24) is 5.32 Å². The largest absolute Gasteiger partial charge is 0.486 e. The van der Waals surface area contributed by atoms with Gasteiger partial charge >= 0.3 is 0 Å². The van der Waals surface area contributed by atoms with E-state index < -0.39 is 0 Å². The highest BCUT2D eigenvalue weighted by Gasteiger charge is 2.30. The summed E-state index contributed by atoms with van der Waals surface area (Å²) in [5.41, 5.74) is -0.0654. The Balaban J connectivity index is 2.00. The van der Waals surface area contributed by atoms with Crippen LogP contribution in [0.1, 0.15) is 13.3 Å². The van der Waals surface area contributed by atoms with Crippen molar-refractivity contribution in [2.24, 2.45) is 0 Å². The van der Waals surface area contributed by atoms with Crippen LogP contribution in [0, 0.1) is 0 Å². The Kier molecular flexibility index (Phi) is 2.52. The average molecular weight is 227 g/mol. The van der Waals surface area contributed by atoms with Crippen molar-refractivity contribution in [2.45, 2.75) is 18.9 Å². The van der Waals surface area contributed by atoms with Crippen LogP contribution in [0.25, 0.3) is 10.8 Å². The normalized spacial score (nSPS) is 24.1. The second-order valence-electron chi connectivity index (χ2n) is 4.96. The highest BCUT2D eigenvalue weighted by molar-refractivity contribution is 5.88. The molecule has 3 rings (SSSR count). The van der Waals surface area contributed by atoms with Crippen molar-refractivity contribution in [1.29, 1.82) is 0 Å². The number of rotatable bonds is 2. The minimum atomic E-state index is -0.0654. The van der Waals surface area contributed by atoms with E-state index in [0.29, 0.717) is 0 Å². The van der Waals surface area contributed by atoms with E-state index in [9.17, 15) is 0 Å². The van der Waals surface area contributed by atoms with E-state index in [1.165, 1.54) is 10.8 Å². The first kappa shape index (κ1) is 10.6. The van der Waals surface area contributed by atoms with Gasteiger partial charge in [0.15, 0.2) is 0 Å². The van der Waals surface area contributed by atoms with Crippen LogP contribution in [0.2, 0.25) is 0 Å². The van der Waals surface area contributed by atoms with E-state index in [4.69, 9.17) is 4.74 Å². The predicted octanol–water partition coefficient (Wildman–Crippen LogP) is 2.97.